The standard InChI is InChI=1S/C28H50F2/c1-2-3-4-5-6-7-8-9-10-11-13-24-16-20-26(21-17-24)27-22-18-25(19-23-27)14-12-15-28(29)30/h15,24-27H,2-14,16-23H2,1H3/t24-,25?,26-,27?. The summed E-state index contributed by atoms with van der Waals surface area (Å²) < 4.78 is 24.4. The van der Waals surface area contributed by atoms with Crippen molar-refractivity contribution in [2.45, 2.75) is 142 Å². The second kappa shape index (κ2) is 16.3. The average molecular weight is 425 g/mol. The molecule has 0 aromatic carbocycles. The van der Waals surface area contributed by atoms with Gasteiger partial charge in [0.25, 0.3) is 6.08 Å². The largest absolute Gasteiger partial charge is 0.266 e. The summed E-state index contributed by atoms with van der Waals surface area (Å²) in [4.78, 5) is 0. The van der Waals surface area contributed by atoms with Gasteiger partial charge in [-0.3, -0.25) is 0 Å². The Morgan fingerprint density at radius 1 is 0.600 bits per heavy atom. The molecule has 0 bridgehead atoms. The van der Waals surface area contributed by atoms with E-state index in [1.807, 2.05) is 0 Å². The molecule has 2 saturated carbocycles. The predicted octanol–water partition coefficient (Wildman–Crippen LogP) is 10.5. The summed E-state index contributed by atoms with van der Waals surface area (Å²) in [6, 6.07) is 0. The molecule has 0 amide bonds. The molecule has 0 radical (unpaired) electrons. The van der Waals surface area contributed by atoms with Crippen molar-refractivity contribution in [1.29, 1.82) is 0 Å². The first-order valence-electron chi connectivity index (χ1n) is 13.7. The Hall–Kier alpha value is -0.400. The van der Waals surface area contributed by atoms with E-state index in [4.69, 9.17) is 0 Å². The van der Waals surface area contributed by atoms with Gasteiger partial charge in [-0.2, -0.15) is 8.78 Å². The molecule has 2 rings (SSSR count). The van der Waals surface area contributed by atoms with Gasteiger partial charge in [0.2, 0.25) is 0 Å². The van der Waals surface area contributed by atoms with Crippen LogP contribution in [0.4, 0.5) is 8.78 Å². The Kier molecular flexibility index (Phi) is 14.0. The summed E-state index contributed by atoms with van der Waals surface area (Å²) in [5.41, 5.74) is 0. The first-order chi connectivity index (χ1) is 14.7. The fourth-order valence-corrected chi connectivity index (χ4v) is 6.25. The lowest BCUT2D eigenvalue weighted by atomic mass is 9.68. The average Bonchev–Trinajstić information content (AvgIpc) is 2.76. The Bertz CT molecular complexity index is 424. The molecule has 30 heavy (non-hydrogen) atoms. The van der Waals surface area contributed by atoms with E-state index >= 15 is 0 Å². The van der Waals surface area contributed by atoms with Crippen molar-refractivity contribution in [3.63, 3.8) is 0 Å². The molecule has 0 spiro atoms. The van der Waals surface area contributed by atoms with Gasteiger partial charge in [-0.15, -0.1) is 0 Å². The molecule has 0 saturated heterocycles. The molecule has 0 N–H and O–H groups in total. The van der Waals surface area contributed by atoms with Crippen LogP contribution in [0.3, 0.4) is 0 Å². The van der Waals surface area contributed by atoms with E-state index in [1.54, 1.807) is 0 Å². The highest BCUT2D eigenvalue weighted by molar-refractivity contribution is 4.85. The van der Waals surface area contributed by atoms with Crippen molar-refractivity contribution in [3.8, 4) is 0 Å². The summed E-state index contributed by atoms with van der Waals surface area (Å²) in [6.45, 7) is 2.29. The monoisotopic (exact) mass is 424 g/mol. The molecular weight excluding hydrogens is 374 g/mol. The van der Waals surface area contributed by atoms with E-state index in [2.05, 4.69) is 6.92 Å². The summed E-state index contributed by atoms with van der Waals surface area (Å²) in [6.07, 6.45) is 28.2. The van der Waals surface area contributed by atoms with Crippen LogP contribution in [0.15, 0.2) is 12.2 Å². The van der Waals surface area contributed by atoms with E-state index in [1.165, 1.54) is 122 Å². The maximum atomic E-state index is 12.2. The van der Waals surface area contributed by atoms with Crippen molar-refractivity contribution in [1.82, 2.24) is 0 Å². The number of hydrogen-bond acceptors (Lipinski definition) is 0. The summed E-state index contributed by atoms with van der Waals surface area (Å²) in [7, 11) is 0. The second-order valence-electron chi connectivity index (χ2n) is 10.6. The first-order valence-corrected chi connectivity index (χ1v) is 13.7. The van der Waals surface area contributed by atoms with Crippen LogP contribution in [0.1, 0.15) is 142 Å². The maximum absolute atomic E-state index is 12.2. The third kappa shape index (κ3) is 11.3. The van der Waals surface area contributed by atoms with Gasteiger partial charge in [0.1, 0.15) is 0 Å². The summed E-state index contributed by atoms with van der Waals surface area (Å²) >= 11 is 0. The summed E-state index contributed by atoms with van der Waals surface area (Å²) in [5, 5.41) is 0. The van der Waals surface area contributed by atoms with Crippen LogP contribution < -0.4 is 0 Å². The van der Waals surface area contributed by atoms with Gasteiger partial charge in [-0.1, -0.05) is 103 Å². The third-order valence-electron chi connectivity index (χ3n) is 8.29. The molecule has 0 heterocycles. The predicted molar refractivity (Wildman–Crippen MR) is 127 cm³/mol. The van der Waals surface area contributed by atoms with E-state index in [-0.39, 0.29) is 0 Å². The maximum Gasteiger partial charge on any atom is 0.266 e. The normalized spacial score (nSPS) is 27.2. The fourth-order valence-electron chi connectivity index (χ4n) is 6.25. The van der Waals surface area contributed by atoms with E-state index in [0.29, 0.717) is 12.3 Å². The van der Waals surface area contributed by atoms with Crippen LogP contribution in [0.5, 0.6) is 0 Å². The zero-order valence-corrected chi connectivity index (χ0v) is 20.0. The quantitative estimate of drug-likeness (QED) is 0.229. The van der Waals surface area contributed by atoms with Crippen molar-refractivity contribution >= 4 is 0 Å². The lowest BCUT2D eigenvalue weighted by Crippen LogP contribution is -2.25. The van der Waals surface area contributed by atoms with E-state index < -0.39 is 6.08 Å². The number of halogens is 2. The van der Waals surface area contributed by atoms with Crippen LogP contribution >= 0.6 is 0 Å². The molecule has 2 aliphatic carbocycles. The molecule has 0 aromatic heterocycles. The van der Waals surface area contributed by atoms with Crippen molar-refractivity contribution in [2.24, 2.45) is 23.7 Å². The van der Waals surface area contributed by atoms with Crippen LogP contribution in [0.2, 0.25) is 0 Å². The molecule has 2 aliphatic rings. The minimum atomic E-state index is -1.50. The lowest BCUT2D eigenvalue weighted by molar-refractivity contribution is 0.140. The first kappa shape index (κ1) is 25.9. The molecule has 2 heteroatoms. The van der Waals surface area contributed by atoms with Crippen molar-refractivity contribution in [2.75, 3.05) is 0 Å². The molecule has 0 nitrogen and oxygen atoms in total. The molecule has 176 valence electrons. The van der Waals surface area contributed by atoms with Gasteiger partial charge in [0.15, 0.2) is 0 Å². The van der Waals surface area contributed by atoms with Crippen LogP contribution in [-0.2, 0) is 0 Å². The molecule has 2 fully saturated rings. The van der Waals surface area contributed by atoms with Crippen LogP contribution in [-0.4, -0.2) is 0 Å². The highest BCUT2D eigenvalue weighted by Crippen LogP contribution is 2.43. The Morgan fingerprint density at radius 2 is 1.03 bits per heavy atom. The number of unbranched alkanes of at least 4 members (excludes halogenated alkanes) is 9. The zero-order chi connectivity index (χ0) is 21.4. The zero-order valence-electron chi connectivity index (χ0n) is 20.0. The highest BCUT2D eigenvalue weighted by Gasteiger charge is 2.30. The van der Waals surface area contributed by atoms with E-state index in [9.17, 15) is 8.78 Å². The Balaban J connectivity index is 1.44. The molecule has 0 aromatic rings. The lowest BCUT2D eigenvalue weighted by Gasteiger charge is -2.38. The van der Waals surface area contributed by atoms with Crippen LogP contribution in [0, 0.1) is 23.7 Å². The van der Waals surface area contributed by atoms with E-state index in [0.717, 1.165) is 30.3 Å². The Morgan fingerprint density at radius 3 is 1.50 bits per heavy atom. The van der Waals surface area contributed by atoms with Crippen LogP contribution in [0.25, 0.3) is 0 Å². The smallest absolute Gasteiger partial charge is 0.174 e. The highest BCUT2D eigenvalue weighted by atomic mass is 19.3. The minimum absolute atomic E-state index is 0.571. The van der Waals surface area contributed by atoms with Gasteiger partial charge in [0.05, 0.1) is 0 Å². The molecule has 0 unspecified atom stereocenters. The van der Waals surface area contributed by atoms with Gasteiger partial charge in [-0.05, 0) is 68.3 Å². The van der Waals surface area contributed by atoms with Gasteiger partial charge in [0, 0.05) is 0 Å². The van der Waals surface area contributed by atoms with Gasteiger partial charge < -0.3 is 0 Å². The SMILES string of the molecule is CCCCCCCCCCCC[C@H]1CC[C@H](C2CCC(CCC=C(F)F)CC2)CC1. The number of rotatable bonds is 15. The molecular formula is C28H50F2. The molecule has 0 atom stereocenters. The van der Waals surface area contributed by atoms with Crippen molar-refractivity contribution in [3.05, 3.63) is 12.2 Å². The second-order valence-corrected chi connectivity index (χ2v) is 10.6. The topological polar surface area (TPSA) is 0 Å². The fraction of sp³-hybridized carbons (Fsp3) is 0.929. The molecule has 0 aliphatic heterocycles. The Labute approximate surface area is 186 Å². The van der Waals surface area contributed by atoms with Gasteiger partial charge >= 0.3 is 0 Å². The number of allylic oxidation sites excluding steroid dienone is 1. The van der Waals surface area contributed by atoms with Crippen molar-refractivity contribution < 1.29 is 8.78 Å². The van der Waals surface area contributed by atoms with Gasteiger partial charge in [-0.25, -0.2) is 0 Å². The minimum Gasteiger partial charge on any atom is -0.174 e. The number of hydrogen-bond donors (Lipinski definition) is 0. The third-order valence-corrected chi connectivity index (χ3v) is 8.29. The summed E-state index contributed by atoms with van der Waals surface area (Å²) in [5.74, 6) is 3.62.